The highest BCUT2D eigenvalue weighted by Crippen LogP contribution is 2.78. The second-order valence-electron chi connectivity index (χ2n) is 9.10. The van der Waals surface area contributed by atoms with Gasteiger partial charge >= 0.3 is 0 Å². The molecular weight excluding hydrogens is 227 g/mol. The first-order valence-corrected chi connectivity index (χ1v) is 8.57. The molecule has 2 heterocycles. The van der Waals surface area contributed by atoms with Crippen molar-refractivity contribution in [2.45, 2.75) is 72.8 Å². The summed E-state index contributed by atoms with van der Waals surface area (Å²) in [6.45, 7) is 13.8. The highest BCUT2D eigenvalue weighted by atomic mass is 14.7. The zero-order chi connectivity index (χ0) is 13.6. The molecule has 0 aromatic heterocycles. The lowest BCUT2D eigenvalue weighted by molar-refractivity contribution is -0.0465. The summed E-state index contributed by atoms with van der Waals surface area (Å²) in [5.41, 5.74) is 5.63. The largest absolute Gasteiger partial charge is 0.137 e. The number of allylic oxidation sites excluding steroid dienone is 2. The molecule has 0 spiro atoms. The predicted molar refractivity (Wildman–Crippen MR) is 83.7 cm³/mol. The van der Waals surface area contributed by atoms with Crippen LogP contribution in [0.1, 0.15) is 53.4 Å². The molecule has 1 saturated heterocycles. The van der Waals surface area contributed by atoms with Gasteiger partial charge in [-0.15, -0.1) is 0 Å². The van der Waals surface area contributed by atoms with Gasteiger partial charge in [-0.05, 0) is 53.8 Å². The lowest BCUT2D eigenvalue weighted by atomic mass is 9.31. The van der Waals surface area contributed by atoms with E-state index in [1.165, 1.54) is 38.3 Å². The van der Waals surface area contributed by atoms with Gasteiger partial charge in [-0.25, -0.2) is 0 Å². The molecule has 104 valence electrons. The topological polar surface area (TPSA) is 0 Å². The van der Waals surface area contributed by atoms with Crippen molar-refractivity contribution in [2.24, 2.45) is 28.1 Å². The van der Waals surface area contributed by atoms with E-state index >= 15 is 0 Å². The van der Waals surface area contributed by atoms with Crippen LogP contribution in [0.2, 0.25) is 19.5 Å². The molecule has 0 N–H and O–H groups in total. The van der Waals surface area contributed by atoms with Gasteiger partial charge in [0.15, 0.2) is 0 Å². The summed E-state index contributed by atoms with van der Waals surface area (Å²) in [7, 11) is 0. The van der Waals surface area contributed by atoms with E-state index < -0.39 is 0 Å². The van der Waals surface area contributed by atoms with Gasteiger partial charge in [0.2, 0.25) is 0 Å². The first-order valence-electron chi connectivity index (χ1n) is 8.57. The van der Waals surface area contributed by atoms with Crippen LogP contribution in [-0.4, -0.2) is 6.71 Å². The van der Waals surface area contributed by atoms with Gasteiger partial charge < -0.3 is 0 Å². The van der Waals surface area contributed by atoms with E-state index in [9.17, 15) is 0 Å². The van der Waals surface area contributed by atoms with E-state index in [1.54, 1.807) is 0 Å². The summed E-state index contributed by atoms with van der Waals surface area (Å²) in [6.07, 6.45) is 8.76. The highest BCUT2D eigenvalue weighted by Gasteiger charge is 2.69. The fourth-order valence-corrected chi connectivity index (χ4v) is 7.00. The Morgan fingerprint density at radius 1 is 1.16 bits per heavy atom. The van der Waals surface area contributed by atoms with Gasteiger partial charge in [0.1, 0.15) is 6.71 Å². The smallest absolute Gasteiger partial charge is 0.0861 e. The first kappa shape index (κ1) is 12.5. The van der Waals surface area contributed by atoms with Crippen molar-refractivity contribution in [1.82, 2.24) is 0 Å². The quantitative estimate of drug-likeness (QED) is 0.408. The van der Waals surface area contributed by atoms with Crippen molar-refractivity contribution in [2.75, 3.05) is 0 Å². The molecule has 2 fully saturated rings. The van der Waals surface area contributed by atoms with E-state index in [0.717, 1.165) is 18.5 Å². The molecule has 0 nitrogen and oxygen atoms in total. The van der Waals surface area contributed by atoms with Gasteiger partial charge in [0.05, 0.1) is 0 Å². The SMILES string of the molecule is CB1CC(C)C2(C)CCC3(C)C4=C2CCC4C3(C)C1. The molecule has 0 radical (unpaired) electrons. The summed E-state index contributed by atoms with van der Waals surface area (Å²) in [5, 5.41) is 0. The van der Waals surface area contributed by atoms with Crippen LogP contribution >= 0.6 is 0 Å². The van der Waals surface area contributed by atoms with Crippen molar-refractivity contribution >= 4 is 6.71 Å². The minimum atomic E-state index is 0.545. The van der Waals surface area contributed by atoms with E-state index in [-0.39, 0.29) is 0 Å². The lowest BCUT2D eigenvalue weighted by Gasteiger charge is -2.67. The number of hydrogen-bond acceptors (Lipinski definition) is 0. The van der Waals surface area contributed by atoms with Crippen LogP contribution < -0.4 is 0 Å². The van der Waals surface area contributed by atoms with Crippen LogP contribution in [0.3, 0.4) is 0 Å². The Morgan fingerprint density at radius 2 is 1.89 bits per heavy atom. The van der Waals surface area contributed by atoms with Gasteiger partial charge in [0.25, 0.3) is 0 Å². The molecule has 5 rings (SSSR count). The Labute approximate surface area is 119 Å². The van der Waals surface area contributed by atoms with Crippen LogP contribution in [0.25, 0.3) is 0 Å². The van der Waals surface area contributed by atoms with Gasteiger partial charge in [-0.1, -0.05) is 58.3 Å². The van der Waals surface area contributed by atoms with Crippen LogP contribution in [0.15, 0.2) is 11.1 Å². The molecular formula is C18H29B. The minimum absolute atomic E-state index is 0.545. The number of hydrogen-bond donors (Lipinski definition) is 0. The number of fused-ring (bicyclic) bond motifs is 4. The number of rotatable bonds is 0. The maximum absolute atomic E-state index is 2.64. The maximum atomic E-state index is 2.64. The fourth-order valence-electron chi connectivity index (χ4n) is 7.00. The molecule has 6 bridgehead atoms. The molecule has 0 aromatic rings. The van der Waals surface area contributed by atoms with E-state index in [2.05, 4.69) is 34.5 Å². The fraction of sp³-hybridized carbons (Fsp3) is 0.889. The Kier molecular flexibility index (Phi) is 2.20. The van der Waals surface area contributed by atoms with Crippen molar-refractivity contribution < 1.29 is 0 Å². The highest BCUT2D eigenvalue weighted by molar-refractivity contribution is 6.57. The summed E-state index contributed by atoms with van der Waals surface area (Å²) in [5.74, 6) is 1.84. The molecule has 2 aliphatic heterocycles. The Balaban J connectivity index is 1.94. The molecule has 19 heavy (non-hydrogen) atoms. The third-order valence-corrected chi connectivity index (χ3v) is 8.43. The van der Waals surface area contributed by atoms with E-state index in [0.29, 0.717) is 16.2 Å². The van der Waals surface area contributed by atoms with Crippen LogP contribution in [0.5, 0.6) is 0 Å². The Hall–Kier alpha value is -0.195. The zero-order valence-corrected chi connectivity index (χ0v) is 13.5. The first-order chi connectivity index (χ1) is 8.83. The predicted octanol–water partition coefficient (Wildman–Crippen LogP) is 5.29. The van der Waals surface area contributed by atoms with Gasteiger partial charge in [0, 0.05) is 0 Å². The zero-order valence-electron chi connectivity index (χ0n) is 13.5. The average molecular weight is 256 g/mol. The monoisotopic (exact) mass is 256 g/mol. The molecule has 1 saturated carbocycles. The third-order valence-electron chi connectivity index (χ3n) is 8.43. The Morgan fingerprint density at radius 3 is 2.63 bits per heavy atom. The van der Waals surface area contributed by atoms with Crippen molar-refractivity contribution in [3.05, 3.63) is 11.1 Å². The second-order valence-corrected chi connectivity index (χ2v) is 9.10. The van der Waals surface area contributed by atoms with Gasteiger partial charge in [-0.2, -0.15) is 0 Å². The molecule has 5 unspecified atom stereocenters. The summed E-state index contributed by atoms with van der Waals surface area (Å²) < 4.78 is 0. The van der Waals surface area contributed by atoms with E-state index in [1.807, 2.05) is 11.1 Å². The molecule has 5 atom stereocenters. The molecule has 0 aromatic carbocycles. The second kappa shape index (κ2) is 3.34. The third kappa shape index (κ3) is 1.16. The van der Waals surface area contributed by atoms with Crippen molar-refractivity contribution in [1.29, 1.82) is 0 Å². The Bertz CT molecular complexity index is 466. The molecule has 5 aliphatic rings. The standard InChI is InChI=1S/C18H29B/c1-12-10-19(5)11-18(4)14-7-6-13-15(14)17(18,3)9-8-16(12,13)2/h12,14H,6-11H2,1-5H3. The molecule has 1 heteroatoms. The molecule has 0 amide bonds. The van der Waals surface area contributed by atoms with Crippen molar-refractivity contribution in [3.8, 4) is 0 Å². The normalized spacial score (nSPS) is 55.7. The van der Waals surface area contributed by atoms with Gasteiger partial charge in [-0.3, -0.25) is 0 Å². The van der Waals surface area contributed by atoms with Crippen LogP contribution in [0, 0.1) is 28.1 Å². The lowest BCUT2D eigenvalue weighted by Crippen LogP contribution is -2.58. The van der Waals surface area contributed by atoms with Crippen LogP contribution in [0.4, 0.5) is 0 Å². The average Bonchev–Trinajstić information content (AvgIpc) is 2.79. The maximum Gasteiger partial charge on any atom is 0.137 e. The summed E-state index contributed by atoms with van der Waals surface area (Å²) >= 11 is 0. The molecule has 3 aliphatic carbocycles. The van der Waals surface area contributed by atoms with Crippen molar-refractivity contribution in [3.63, 3.8) is 0 Å². The van der Waals surface area contributed by atoms with E-state index in [4.69, 9.17) is 0 Å². The van der Waals surface area contributed by atoms with Crippen LogP contribution in [-0.2, 0) is 0 Å². The summed E-state index contributed by atoms with van der Waals surface area (Å²) in [4.78, 5) is 0. The summed E-state index contributed by atoms with van der Waals surface area (Å²) in [6, 6.07) is 0. The minimum Gasteiger partial charge on any atom is -0.0861 e.